The fourth-order valence-corrected chi connectivity index (χ4v) is 3.21. The highest BCUT2D eigenvalue weighted by Crippen LogP contribution is 2.33. The van der Waals surface area contributed by atoms with Gasteiger partial charge in [0.25, 0.3) is 0 Å². The summed E-state index contributed by atoms with van der Waals surface area (Å²) in [6, 6.07) is 10.1. The smallest absolute Gasteiger partial charge is 0.163 e. The van der Waals surface area contributed by atoms with Gasteiger partial charge in [0.1, 0.15) is 13.2 Å². The van der Waals surface area contributed by atoms with Crippen LogP contribution in [0.1, 0.15) is 4.88 Å². The minimum Gasteiger partial charge on any atom is -0.486 e. The summed E-state index contributed by atoms with van der Waals surface area (Å²) in [4.78, 5) is 1.29. The van der Waals surface area contributed by atoms with E-state index >= 15 is 0 Å². The molecule has 3 rings (SSSR count). The van der Waals surface area contributed by atoms with Crippen molar-refractivity contribution in [2.24, 2.45) is 0 Å². The molecular formula is C13H12BrNO2S. The van der Waals surface area contributed by atoms with Crippen molar-refractivity contribution in [3.8, 4) is 11.5 Å². The van der Waals surface area contributed by atoms with E-state index in [1.807, 2.05) is 18.2 Å². The van der Waals surface area contributed by atoms with Gasteiger partial charge in [0.05, 0.1) is 3.79 Å². The Balaban J connectivity index is 1.69. The second-order valence-corrected chi connectivity index (χ2v) is 6.47. The Hall–Kier alpha value is -1.20. The average Bonchev–Trinajstić information content (AvgIpc) is 2.82. The molecule has 0 bridgehead atoms. The highest BCUT2D eigenvalue weighted by Gasteiger charge is 2.11. The number of hydrogen-bond acceptors (Lipinski definition) is 4. The summed E-state index contributed by atoms with van der Waals surface area (Å²) in [5.41, 5.74) is 1.05. The second-order valence-electron chi connectivity index (χ2n) is 3.92. The van der Waals surface area contributed by atoms with Crippen molar-refractivity contribution in [3.63, 3.8) is 0 Å². The zero-order valence-corrected chi connectivity index (χ0v) is 12.0. The van der Waals surface area contributed by atoms with Crippen molar-refractivity contribution >= 4 is 33.0 Å². The third-order valence-electron chi connectivity index (χ3n) is 2.64. The monoisotopic (exact) mass is 325 g/mol. The molecule has 0 fully saturated rings. The van der Waals surface area contributed by atoms with E-state index in [4.69, 9.17) is 9.47 Å². The standard InChI is InChI=1S/C13H12BrNO2S/c14-13-4-2-10(18-13)8-15-9-1-3-11-12(7-9)17-6-5-16-11/h1-4,7,15H,5-6,8H2. The summed E-state index contributed by atoms with van der Waals surface area (Å²) >= 11 is 5.20. The molecule has 0 spiro atoms. The molecule has 94 valence electrons. The van der Waals surface area contributed by atoms with Crippen LogP contribution in [-0.2, 0) is 6.54 Å². The summed E-state index contributed by atoms with van der Waals surface area (Å²) in [7, 11) is 0. The Morgan fingerprint density at radius 2 is 1.94 bits per heavy atom. The molecule has 1 aliphatic rings. The van der Waals surface area contributed by atoms with E-state index in [0.29, 0.717) is 13.2 Å². The number of anilines is 1. The molecule has 0 aliphatic carbocycles. The summed E-state index contributed by atoms with van der Waals surface area (Å²) in [5, 5.41) is 3.38. The molecule has 3 nitrogen and oxygen atoms in total. The Labute approximate surface area is 118 Å². The zero-order valence-electron chi connectivity index (χ0n) is 9.61. The van der Waals surface area contributed by atoms with Crippen molar-refractivity contribution in [3.05, 3.63) is 39.0 Å². The van der Waals surface area contributed by atoms with E-state index in [1.54, 1.807) is 11.3 Å². The minimum absolute atomic E-state index is 0.619. The number of hydrogen-bond donors (Lipinski definition) is 1. The lowest BCUT2D eigenvalue weighted by Gasteiger charge is -2.19. The lowest BCUT2D eigenvalue weighted by molar-refractivity contribution is 0.171. The molecule has 0 atom stereocenters. The van der Waals surface area contributed by atoms with E-state index in [9.17, 15) is 0 Å². The van der Waals surface area contributed by atoms with Crippen LogP contribution < -0.4 is 14.8 Å². The number of nitrogens with one attached hydrogen (secondary N) is 1. The predicted molar refractivity (Wildman–Crippen MR) is 76.8 cm³/mol. The van der Waals surface area contributed by atoms with Gasteiger partial charge in [-0.3, -0.25) is 0 Å². The van der Waals surface area contributed by atoms with Crippen molar-refractivity contribution in [1.29, 1.82) is 0 Å². The van der Waals surface area contributed by atoms with Gasteiger partial charge in [0.15, 0.2) is 11.5 Å². The van der Waals surface area contributed by atoms with Crippen molar-refractivity contribution in [2.45, 2.75) is 6.54 Å². The van der Waals surface area contributed by atoms with E-state index in [-0.39, 0.29) is 0 Å². The van der Waals surface area contributed by atoms with Crippen LogP contribution in [0.4, 0.5) is 5.69 Å². The first-order valence-electron chi connectivity index (χ1n) is 5.69. The second kappa shape index (κ2) is 5.20. The van der Waals surface area contributed by atoms with E-state index in [0.717, 1.165) is 27.5 Å². The highest BCUT2D eigenvalue weighted by molar-refractivity contribution is 9.11. The predicted octanol–water partition coefficient (Wildman–Crippen LogP) is 3.89. The third-order valence-corrected chi connectivity index (χ3v) is 4.26. The number of rotatable bonds is 3. The molecule has 0 amide bonds. The maximum absolute atomic E-state index is 5.55. The van der Waals surface area contributed by atoms with Crippen LogP contribution in [0.15, 0.2) is 34.1 Å². The van der Waals surface area contributed by atoms with Crippen LogP contribution >= 0.6 is 27.3 Å². The molecule has 1 aliphatic heterocycles. The van der Waals surface area contributed by atoms with Gasteiger partial charge in [-0.2, -0.15) is 0 Å². The summed E-state index contributed by atoms with van der Waals surface area (Å²) in [5.74, 6) is 1.64. The van der Waals surface area contributed by atoms with E-state index < -0.39 is 0 Å². The highest BCUT2D eigenvalue weighted by atomic mass is 79.9. The van der Waals surface area contributed by atoms with Crippen LogP contribution in [0.5, 0.6) is 11.5 Å². The van der Waals surface area contributed by atoms with Gasteiger partial charge in [0.2, 0.25) is 0 Å². The summed E-state index contributed by atoms with van der Waals surface area (Å²) in [6.07, 6.45) is 0. The first-order valence-corrected chi connectivity index (χ1v) is 7.30. The van der Waals surface area contributed by atoms with Gasteiger partial charge in [-0.05, 0) is 40.2 Å². The largest absolute Gasteiger partial charge is 0.486 e. The minimum atomic E-state index is 0.619. The maximum atomic E-state index is 5.55. The van der Waals surface area contributed by atoms with E-state index in [2.05, 4.69) is 33.4 Å². The van der Waals surface area contributed by atoms with Crippen LogP contribution in [0.25, 0.3) is 0 Å². The lowest BCUT2D eigenvalue weighted by atomic mass is 10.2. The lowest BCUT2D eigenvalue weighted by Crippen LogP contribution is -2.15. The number of benzene rings is 1. The van der Waals surface area contributed by atoms with Gasteiger partial charge < -0.3 is 14.8 Å². The van der Waals surface area contributed by atoms with Crippen LogP contribution in [-0.4, -0.2) is 13.2 Å². The van der Waals surface area contributed by atoms with Gasteiger partial charge in [-0.25, -0.2) is 0 Å². The molecule has 2 heterocycles. The third kappa shape index (κ3) is 2.62. The molecule has 0 radical (unpaired) electrons. The van der Waals surface area contributed by atoms with Crippen molar-refractivity contribution in [1.82, 2.24) is 0 Å². The molecule has 1 N–H and O–H groups in total. The number of halogens is 1. The van der Waals surface area contributed by atoms with Crippen molar-refractivity contribution in [2.75, 3.05) is 18.5 Å². The molecular weight excluding hydrogens is 314 g/mol. The Morgan fingerprint density at radius 3 is 2.72 bits per heavy atom. The molecule has 18 heavy (non-hydrogen) atoms. The number of thiophene rings is 1. The van der Waals surface area contributed by atoms with Gasteiger partial charge >= 0.3 is 0 Å². The molecule has 0 unspecified atom stereocenters. The normalized spacial score (nSPS) is 13.4. The fourth-order valence-electron chi connectivity index (χ4n) is 1.79. The van der Waals surface area contributed by atoms with Crippen LogP contribution in [0, 0.1) is 0 Å². The fraction of sp³-hybridized carbons (Fsp3) is 0.231. The average molecular weight is 326 g/mol. The first kappa shape index (κ1) is 11.9. The summed E-state index contributed by atoms with van der Waals surface area (Å²) < 4.78 is 12.2. The molecule has 0 saturated heterocycles. The molecule has 0 saturated carbocycles. The zero-order chi connectivity index (χ0) is 12.4. The Morgan fingerprint density at radius 1 is 1.11 bits per heavy atom. The Bertz CT molecular complexity index is 556. The SMILES string of the molecule is Brc1ccc(CNc2ccc3c(c2)OCCO3)s1. The molecule has 2 aromatic rings. The van der Waals surface area contributed by atoms with Gasteiger partial charge in [0, 0.05) is 23.2 Å². The van der Waals surface area contributed by atoms with E-state index in [1.165, 1.54) is 4.88 Å². The number of ether oxygens (including phenoxy) is 2. The topological polar surface area (TPSA) is 30.5 Å². The van der Waals surface area contributed by atoms with Crippen molar-refractivity contribution < 1.29 is 9.47 Å². The summed E-state index contributed by atoms with van der Waals surface area (Å²) in [6.45, 7) is 2.06. The first-order chi connectivity index (χ1) is 8.81. The number of fused-ring (bicyclic) bond motifs is 1. The van der Waals surface area contributed by atoms with Gasteiger partial charge in [-0.15, -0.1) is 11.3 Å². The molecule has 5 heteroatoms. The van der Waals surface area contributed by atoms with Crippen LogP contribution in [0.3, 0.4) is 0 Å². The maximum Gasteiger partial charge on any atom is 0.163 e. The quantitative estimate of drug-likeness (QED) is 0.928. The Kier molecular flexibility index (Phi) is 3.43. The molecule has 1 aromatic heterocycles. The van der Waals surface area contributed by atoms with Gasteiger partial charge in [-0.1, -0.05) is 0 Å². The molecule has 1 aromatic carbocycles. The van der Waals surface area contributed by atoms with Crippen LogP contribution in [0.2, 0.25) is 0 Å².